The van der Waals surface area contributed by atoms with Gasteiger partial charge in [-0.25, -0.2) is 14.0 Å². The van der Waals surface area contributed by atoms with Crippen molar-refractivity contribution in [3.63, 3.8) is 0 Å². The fourth-order valence-corrected chi connectivity index (χ4v) is 1.48. The molecule has 0 spiro atoms. The van der Waals surface area contributed by atoms with E-state index in [2.05, 4.69) is 10.6 Å². The first-order chi connectivity index (χ1) is 8.70. The van der Waals surface area contributed by atoms with Gasteiger partial charge in [0.1, 0.15) is 11.9 Å². The normalized spacial score (nSPS) is 12.6. The molecule has 104 valence electrons. The average Bonchev–Trinajstić information content (AvgIpc) is 2.27. The molecular formula is C13H17FN2O3. The number of urea groups is 1. The van der Waals surface area contributed by atoms with Crippen LogP contribution >= 0.6 is 0 Å². The lowest BCUT2D eigenvalue weighted by Gasteiger charge is -2.27. The lowest BCUT2D eigenvalue weighted by atomic mass is 9.87. The largest absolute Gasteiger partial charge is 0.480 e. The molecule has 0 unspecified atom stereocenters. The number of carbonyl (C=O) groups excluding carboxylic acids is 1. The van der Waals surface area contributed by atoms with E-state index in [9.17, 15) is 14.0 Å². The van der Waals surface area contributed by atoms with Gasteiger partial charge in [-0.2, -0.15) is 0 Å². The highest BCUT2D eigenvalue weighted by Crippen LogP contribution is 2.19. The van der Waals surface area contributed by atoms with Crippen LogP contribution in [-0.4, -0.2) is 23.1 Å². The van der Waals surface area contributed by atoms with Crippen LogP contribution < -0.4 is 10.6 Å². The fraction of sp³-hybridized carbons (Fsp3) is 0.385. The molecule has 3 N–H and O–H groups in total. The number of hydrogen-bond donors (Lipinski definition) is 3. The van der Waals surface area contributed by atoms with Crippen molar-refractivity contribution in [3.05, 3.63) is 30.1 Å². The van der Waals surface area contributed by atoms with Crippen molar-refractivity contribution in [2.45, 2.75) is 26.8 Å². The number of nitrogens with one attached hydrogen (secondary N) is 2. The predicted octanol–water partition coefficient (Wildman–Crippen LogP) is 2.45. The molecule has 0 radical (unpaired) electrons. The Hall–Kier alpha value is -2.11. The summed E-state index contributed by atoms with van der Waals surface area (Å²) in [5, 5.41) is 13.9. The summed E-state index contributed by atoms with van der Waals surface area (Å²) >= 11 is 0. The Kier molecular flexibility index (Phi) is 4.47. The number of anilines is 1. The van der Waals surface area contributed by atoms with Crippen LogP contribution in [0, 0.1) is 11.2 Å². The minimum atomic E-state index is -1.11. The molecule has 1 aromatic carbocycles. The van der Waals surface area contributed by atoms with Crippen LogP contribution in [-0.2, 0) is 4.79 Å². The summed E-state index contributed by atoms with van der Waals surface area (Å²) in [4.78, 5) is 22.8. The minimum Gasteiger partial charge on any atom is -0.480 e. The smallest absolute Gasteiger partial charge is 0.326 e. The summed E-state index contributed by atoms with van der Waals surface area (Å²) in [7, 11) is 0. The molecule has 5 nitrogen and oxygen atoms in total. The maximum atomic E-state index is 12.7. The molecular weight excluding hydrogens is 251 g/mol. The van der Waals surface area contributed by atoms with Gasteiger partial charge in [0.25, 0.3) is 0 Å². The van der Waals surface area contributed by atoms with E-state index in [1.54, 1.807) is 20.8 Å². The molecule has 0 saturated carbocycles. The number of carboxylic acid groups (broad SMARTS) is 1. The number of carbonyl (C=O) groups is 2. The Morgan fingerprint density at radius 1 is 1.21 bits per heavy atom. The number of rotatable bonds is 3. The molecule has 1 rings (SSSR count). The number of benzene rings is 1. The van der Waals surface area contributed by atoms with Gasteiger partial charge in [0, 0.05) is 5.69 Å². The molecule has 19 heavy (non-hydrogen) atoms. The Morgan fingerprint density at radius 2 is 1.74 bits per heavy atom. The van der Waals surface area contributed by atoms with Gasteiger partial charge in [0.2, 0.25) is 0 Å². The first-order valence-electron chi connectivity index (χ1n) is 5.76. The number of hydrogen-bond acceptors (Lipinski definition) is 2. The topological polar surface area (TPSA) is 78.4 Å². The summed E-state index contributed by atoms with van der Waals surface area (Å²) in [6, 6.07) is 3.52. The zero-order valence-electron chi connectivity index (χ0n) is 11.0. The number of amides is 2. The molecule has 6 heteroatoms. The number of aliphatic carboxylic acids is 1. The third-order valence-corrected chi connectivity index (χ3v) is 2.49. The van der Waals surface area contributed by atoms with Gasteiger partial charge < -0.3 is 15.7 Å². The van der Waals surface area contributed by atoms with Gasteiger partial charge in [-0.05, 0) is 29.7 Å². The quantitative estimate of drug-likeness (QED) is 0.787. The molecule has 0 fully saturated rings. The minimum absolute atomic E-state index is 0.386. The van der Waals surface area contributed by atoms with Gasteiger partial charge in [-0.15, -0.1) is 0 Å². The second-order valence-electron chi connectivity index (χ2n) is 5.24. The van der Waals surface area contributed by atoms with Crippen LogP contribution in [0.3, 0.4) is 0 Å². The second-order valence-corrected chi connectivity index (χ2v) is 5.24. The molecule has 2 amide bonds. The van der Waals surface area contributed by atoms with Crippen molar-refractivity contribution in [1.82, 2.24) is 5.32 Å². The van der Waals surface area contributed by atoms with Crippen LogP contribution in [0.15, 0.2) is 24.3 Å². The third kappa shape index (κ3) is 4.57. The van der Waals surface area contributed by atoms with Crippen LogP contribution in [0.2, 0.25) is 0 Å². The highest BCUT2D eigenvalue weighted by Gasteiger charge is 2.32. The van der Waals surface area contributed by atoms with E-state index in [0.717, 1.165) is 0 Å². The lowest BCUT2D eigenvalue weighted by Crippen LogP contribution is -2.50. The van der Waals surface area contributed by atoms with Gasteiger partial charge >= 0.3 is 12.0 Å². The van der Waals surface area contributed by atoms with E-state index >= 15 is 0 Å². The maximum absolute atomic E-state index is 12.7. The van der Waals surface area contributed by atoms with Gasteiger partial charge in [-0.1, -0.05) is 20.8 Å². The lowest BCUT2D eigenvalue weighted by molar-refractivity contribution is -0.141. The molecule has 1 aromatic rings. The van der Waals surface area contributed by atoms with Crippen LogP contribution in [0.1, 0.15) is 20.8 Å². The Balaban J connectivity index is 2.68. The van der Waals surface area contributed by atoms with E-state index < -0.39 is 29.3 Å². The Bertz CT molecular complexity index is 466. The van der Waals surface area contributed by atoms with Gasteiger partial charge in [0.05, 0.1) is 0 Å². The molecule has 0 aliphatic heterocycles. The van der Waals surface area contributed by atoms with Gasteiger partial charge in [0.15, 0.2) is 0 Å². The maximum Gasteiger partial charge on any atom is 0.326 e. The summed E-state index contributed by atoms with van der Waals surface area (Å²) in [6.07, 6.45) is 0. The highest BCUT2D eigenvalue weighted by molar-refractivity contribution is 5.92. The van der Waals surface area contributed by atoms with E-state index in [0.29, 0.717) is 5.69 Å². The van der Waals surface area contributed by atoms with E-state index in [4.69, 9.17) is 5.11 Å². The molecule has 0 aromatic heterocycles. The van der Waals surface area contributed by atoms with Crippen LogP contribution in [0.4, 0.5) is 14.9 Å². The average molecular weight is 268 g/mol. The third-order valence-electron chi connectivity index (χ3n) is 2.49. The zero-order chi connectivity index (χ0) is 14.6. The fourth-order valence-electron chi connectivity index (χ4n) is 1.48. The molecule has 0 aliphatic carbocycles. The molecule has 0 saturated heterocycles. The zero-order valence-corrected chi connectivity index (χ0v) is 11.0. The second kappa shape index (κ2) is 5.69. The van der Waals surface area contributed by atoms with E-state index in [-0.39, 0.29) is 0 Å². The van der Waals surface area contributed by atoms with Crippen molar-refractivity contribution in [2.75, 3.05) is 5.32 Å². The first kappa shape index (κ1) is 14.9. The monoisotopic (exact) mass is 268 g/mol. The van der Waals surface area contributed by atoms with Crippen molar-refractivity contribution >= 4 is 17.7 Å². The van der Waals surface area contributed by atoms with Crippen molar-refractivity contribution in [2.24, 2.45) is 5.41 Å². The number of carboxylic acids is 1. The first-order valence-corrected chi connectivity index (χ1v) is 5.76. The standard InChI is InChI=1S/C13H17FN2O3/c1-13(2,3)10(11(17)18)16-12(19)15-9-6-4-8(14)5-7-9/h4-7,10H,1-3H3,(H,17,18)(H2,15,16,19)/t10-/m0/s1. The predicted molar refractivity (Wildman–Crippen MR) is 69.4 cm³/mol. The summed E-state index contributed by atoms with van der Waals surface area (Å²) in [5.74, 6) is -1.52. The SMILES string of the molecule is CC(C)(C)[C@@H](NC(=O)Nc1ccc(F)cc1)C(=O)O. The van der Waals surface area contributed by atoms with Crippen molar-refractivity contribution in [1.29, 1.82) is 0 Å². The highest BCUT2D eigenvalue weighted by atomic mass is 19.1. The number of halogens is 1. The molecule has 0 aliphatic rings. The van der Waals surface area contributed by atoms with Crippen molar-refractivity contribution in [3.8, 4) is 0 Å². The van der Waals surface area contributed by atoms with Gasteiger partial charge in [-0.3, -0.25) is 0 Å². The van der Waals surface area contributed by atoms with Crippen LogP contribution in [0.25, 0.3) is 0 Å². The van der Waals surface area contributed by atoms with E-state index in [1.807, 2.05) is 0 Å². The molecule has 1 atom stereocenters. The summed E-state index contributed by atoms with van der Waals surface area (Å²) in [6.45, 7) is 5.14. The summed E-state index contributed by atoms with van der Waals surface area (Å²) < 4.78 is 12.7. The Morgan fingerprint density at radius 3 is 2.16 bits per heavy atom. The summed E-state index contributed by atoms with van der Waals surface area (Å²) in [5.41, 5.74) is -0.233. The van der Waals surface area contributed by atoms with Crippen LogP contribution in [0.5, 0.6) is 0 Å². The van der Waals surface area contributed by atoms with Crippen molar-refractivity contribution < 1.29 is 19.1 Å². The molecule has 0 bridgehead atoms. The van der Waals surface area contributed by atoms with E-state index in [1.165, 1.54) is 24.3 Å². The molecule has 0 heterocycles. The Labute approximate surface area is 110 Å².